The largest absolute Gasteiger partial charge is 0.358 e. The molecule has 0 radical (unpaired) electrons. The molecule has 2 aromatic carbocycles. The number of carbonyl (C=O) groups is 1. The Morgan fingerprint density at radius 1 is 1.09 bits per heavy atom. The Morgan fingerprint density at radius 3 is 2.70 bits per heavy atom. The Hall–Kier alpha value is -2.39. The van der Waals surface area contributed by atoms with E-state index in [0.29, 0.717) is 6.54 Å². The summed E-state index contributed by atoms with van der Waals surface area (Å²) in [5.41, 5.74) is 5.72. The molecule has 0 fully saturated rings. The zero-order valence-electron chi connectivity index (χ0n) is 13.4. The van der Waals surface area contributed by atoms with Gasteiger partial charge in [-0.05, 0) is 18.6 Å². The maximum Gasteiger partial charge on any atom is 0.219 e. The maximum atomic E-state index is 12.9. The number of rotatable bonds is 3. The Balaban J connectivity index is 1.57. The van der Waals surface area contributed by atoms with Gasteiger partial charge in [0.15, 0.2) is 0 Å². The van der Waals surface area contributed by atoms with E-state index in [1.807, 2.05) is 31.2 Å². The molecular formula is C20H21N2O+. The first-order chi connectivity index (χ1) is 11.2. The Labute approximate surface area is 135 Å². The van der Waals surface area contributed by atoms with E-state index in [9.17, 15) is 4.79 Å². The van der Waals surface area contributed by atoms with E-state index in [2.05, 4.69) is 29.2 Å². The first kappa shape index (κ1) is 14.2. The van der Waals surface area contributed by atoms with Gasteiger partial charge in [0.2, 0.25) is 5.78 Å². The fourth-order valence-electron chi connectivity index (χ4n) is 3.75. The van der Waals surface area contributed by atoms with E-state index >= 15 is 0 Å². The summed E-state index contributed by atoms with van der Waals surface area (Å²) >= 11 is 0. The summed E-state index contributed by atoms with van der Waals surface area (Å²) in [5, 5.41) is 1.05. The molecule has 0 amide bonds. The van der Waals surface area contributed by atoms with Gasteiger partial charge in [0.1, 0.15) is 13.1 Å². The highest BCUT2D eigenvalue weighted by Crippen LogP contribution is 2.22. The number of aryl methyl sites for hydroxylation is 1. The monoisotopic (exact) mass is 305 g/mol. The van der Waals surface area contributed by atoms with Gasteiger partial charge in [-0.25, -0.2) is 0 Å². The van der Waals surface area contributed by atoms with Gasteiger partial charge in [-0.2, -0.15) is 0 Å². The molecule has 0 saturated carbocycles. The summed E-state index contributed by atoms with van der Waals surface area (Å²) < 4.78 is 0. The molecule has 0 saturated heterocycles. The molecule has 2 N–H and O–H groups in total. The van der Waals surface area contributed by atoms with Crippen LogP contribution in [0.15, 0.2) is 48.5 Å². The number of nitrogens with one attached hydrogen (secondary N) is 2. The van der Waals surface area contributed by atoms with Crippen LogP contribution in [0.25, 0.3) is 10.9 Å². The predicted octanol–water partition coefficient (Wildman–Crippen LogP) is 2.30. The number of carbonyl (C=O) groups excluding carboxylic acids is 1. The van der Waals surface area contributed by atoms with Gasteiger partial charge < -0.3 is 9.88 Å². The number of fused-ring (bicyclic) bond motifs is 2. The summed E-state index contributed by atoms with van der Waals surface area (Å²) in [6, 6.07) is 16.6. The van der Waals surface area contributed by atoms with Crippen LogP contribution >= 0.6 is 0 Å². The molecule has 1 unspecified atom stereocenters. The summed E-state index contributed by atoms with van der Waals surface area (Å²) in [4.78, 5) is 17.6. The second kappa shape index (κ2) is 5.67. The number of aromatic nitrogens is 1. The van der Waals surface area contributed by atoms with Crippen molar-refractivity contribution in [3.8, 4) is 0 Å². The highest BCUT2D eigenvalue weighted by Gasteiger charge is 2.24. The molecule has 2 heterocycles. The quantitative estimate of drug-likeness (QED) is 0.716. The van der Waals surface area contributed by atoms with Crippen LogP contribution < -0.4 is 4.90 Å². The van der Waals surface area contributed by atoms with E-state index < -0.39 is 0 Å². The molecule has 3 nitrogen and oxygen atoms in total. The summed E-state index contributed by atoms with van der Waals surface area (Å²) in [6.07, 6.45) is 1.06. The first-order valence-corrected chi connectivity index (χ1v) is 8.23. The normalized spacial score (nSPS) is 17.2. The van der Waals surface area contributed by atoms with Crippen molar-refractivity contribution in [2.75, 3.05) is 13.1 Å². The number of aromatic amines is 1. The number of ketones is 1. The van der Waals surface area contributed by atoms with Crippen LogP contribution in [0.1, 0.15) is 27.2 Å². The molecule has 1 aromatic heterocycles. The molecule has 1 aliphatic rings. The summed E-state index contributed by atoms with van der Waals surface area (Å²) in [7, 11) is 0. The number of quaternary nitrogens is 1. The summed E-state index contributed by atoms with van der Waals surface area (Å²) in [6.45, 7) is 4.54. The molecule has 0 bridgehead atoms. The molecule has 0 aliphatic carbocycles. The van der Waals surface area contributed by atoms with Gasteiger partial charge in [-0.1, -0.05) is 42.5 Å². The van der Waals surface area contributed by atoms with Crippen molar-refractivity contribution in [2.24, 2.45) is 0 Å². The van der Waals surface area contributed by atoms with Crippen LogP contribution in [0.2, 0.25) is 0 Å². The topological polar surface area (TPSA) is 37.3 Å². The van der Waals surface area contributed by atoms with Gasteiger partial charge in [-0.3, -0.25) is 4.79 Å². The van der Waals surface area contributed by atoms with E-state index in [0.717, 1.165) is 41.7 Å². The molecular weight excluding hydrogens is 284 g/mol. The number of hydrogen-bond acceptors (Lipinski definition) is 1. The minimum atomic E-state index is 0.245. The number of hydrogen-bond donors (Lipinski definition) is 2. The lowest BCUT2D eigenvalue weighted by molar-refractivity contribution is -0.907. The minimum absolute atomic E-state index is 0.245. The number of H-pyrrole nitrogens is 1. The van der Waals surface area contributed by atoms with Crippen molar-refractivity contribution >= 4 is 16.7 Å². The van der Waals surface area contributed by atoms with Crippen molar-refractivity contribution in [1.29, 1.82) is 0 Å². The van der Waals surface area contributed by atoms with Crippen molar-refractivity contribution < 1.29 is 9.69 Å². The molecule has 116 valence electrons. The van der Waals surface area contributed by atoms with Gasteiger partial charge in [0, 0.05) is 28.6 Å². The zero-order chi connectivity index (χ0) is 15.8. The van der Waals surface area contributed by atoms with Gasteiger partial charge in [0.25, 0.3) is 0 Å². The van der Waals surface area contributed by atoms with E-state index in [1.165, 1.54) is 16.0 Å². The average molecular weight is 305 g/mol. The third-order valence-electron chi connectivity index (χ3n) is 4.89. The van der Waals surface area contributed by atoms with Crippen molar-refractivity contribution in [2.45, 2.75) is 19.9 Å². The Bertz CT molecular complexity index is 878. The molecule has 1 atom stereocenters. The highest BCUT2D eigenvalue weighted by atomic mass is 16.1. The van der Waals surface area contributed by atoms with Crippen molar-refractivity contribution in [3.05, 3.63) is 70.9 Å². The molecule has 23 heavy (non-hydrogen) atoms. The van der Waals surface area contributed by atoms with Crippen LogP contribution in [-0.4, -0.2) is 23.9 Å². The van der Waals surface area contributed by atoms with Gasteiger partial charge in [0.05, 0.1) is 12.1 Å². The van der Waals surface area contributed by atoms with Crippen LogP contribution in [0.4, 0.5) is 0 Å². The van der Waals surface area contributed by atoms with Crippen molar-refractivity contribution in [3.63, 3.8) is 0 Å². The van der Waals surface area contributed by atoms with Crippen LogP contribution in [0, 0.1) is 6.92 Å². The fourth-order valence-corrected chi connectivity index (χ4v) is 3.75. The highest BCUT2D eigenvalue weighted by molar-refractivity contribution is 6.09. The molecule has 3 heteroatoms. The SMILES string of the molecule is Cc1[nH]c2ccccc2c1C(=O)C[NH+]1CCc2ccccc2C1. The molecule has 3 aromatic rings. The van der Waals surface area contributed by atoms with Crippen LogP contribution in [-0.2, 0) is 13.0 Å². The summed E-state index contributed by atoms with van der Waals surface area (Å²) in [5.74, 6) is 0.245. The van der Waals surface area contributed by atoms with E-state index in [1.54, 1.807) is 0 Å². The average Bonchev–Trinajstić information content (AvgIpc) is 2.90. The van der Waals surface area contributed by atoms with Gasteiger partial charge >= 0.3 is 0 Å². The lowest BCUT2D eigenvalue weighted by Crippen LogP contribution is -3.12. The lowest BCUT2D eigenvalue weighted by atomic mass is 9.99. The van der Waals surface area contributed by atoms with Crippen LogP contribution in [0.3, 0.4) is 0 Å². The van der Waals surface area contributed by atoms with Crippen LogP contribution in [0.5, 0.6) is 0 Å². The second-order valence-corrected chi connectivity index (χ2v) is 6.47. The van der Waals surface area contributed by atoms with E-state index in [-0.39, 0.29) is 5.78 Å². The molecule has 4 rings (SSSR count). The first-order valence-electron chi connectivity index (χ1n) is 8.23. The number of para-hydroxylation sites is 1. The molecule has 1 aliphatic heterocycles. The van der Waals surface area contributed by atoms with Crippen molar-refractivity contribution in [1.82, 2.24) is 4.98 Å². The smallest absolute Gasteiger partial charge is 0.219 e. The Morgan fingerprint density at radius 2 is 1.83 bits per heavy atom. The number of Topliss-reactive ketones (excluding diaryl/α,β-unsaturated/α-hetero) is 1. The lowest BCUT2D eigenvalue weighted by Gasteiger charge is -2.25. The third kappa shape index (κ3) is 2.57. The zero-order valence-corrected chi connectivity index (χ0v) is 13.4. The third-order valence-corrected chi connectivity index (χ3v) is 4.89. The maximum absolute atomic E-state index is 12.9. The predicted molar refractivity (Wildman–Crippen MR) is 91.9 cm³/mol. The second-order valence-electron chi connectivity index (χ2n) is 6.47. The number of benzene rings is 2. The minimum Gasteiger partial charge on any atom is -0.358 e. The Kier molecular flexibility index (Phi) is 3.50. The van der Waals surface area contributed by atoms with E-state index in [4.69, 9.17) is 0 Å². The van der Waals surface area contributed by atoms with Gasteiger partial charge in [-0.15, -0.1) is 0 Å². The standard InChI is InChI=1S/C20H20N2O/c1-14-20(17-8-4-5-9-18(17)21-14)19(23)13-22-11-10-15-6-2-3-7-16(15)12-22/h2-9,21H,10-13H2,1H3/p+1. The molecule has 0 spiro atoms. The fraction of sp³-hybridized carbons (Fsp3) is 0.250.